The van der Waals surface area contributed by atoms with Crippen LogP contribution in [0, 0.1) is 6.92 Å². The highest BCUT2D eigenvalue weighted by atomic mass is 32.1. The monoisotopic (exact) mass is 382 g/mol. The number of nitrogens with zero attached hydrogens (tertiary/aromatic N) is 3. The van der Waals surface area contributed by atoms with E-state index in [0.29, 0.717) is 29.7 Å². The first-order valence-electron chi connectivity index (χ1n) is 8.65. The lowest BCUT2D eigenvalue weighted by molar-refractivity contribution is -0.127. The summed E-state index contributed by atoms with van der Waals surface area (Å²) < 4.78 is 5.33. The maximum atomic E-state index is 12.9. The van der Waals surface area contributed by atoms with E-state index < -0.39 is 6.04 Å². The van der Waals surface area contributed by atoms with Crippen LogP contribution >= 0.6 is 11.3 Å². The van der Waals surface area contributed by atoms with Gasteiger partial charge in [0.2, 0.25) is 17.6 Å². The van der Waals surface area contributed by atoms with Crippen molar-refractivity contribution in [2.45, 2.75) is 19.4 Å². The van der Waals surface area contributed by atoms with Gasteiger partial charge in [-0.05, 0) is 19.1 Å². The van der Waals surface area contributed by atoms with Gasteiger partial charge in [-0.25, -0.2) is 0 Å². The molecule has 1 fully saturated rings. The van der Waals surface area contributed by atoms with E-state index in [4.69, 9.17) is 4.52 Å². The first-order chi connectivity index (χ1) is 13.1. The fraction of sp³-hybridized carbons (Fsp3) is 0.263. The zero-order valence-electron chi connectivity index (χ0n) is 14.7. The van der Waals surface area contributed by atoms with Crippen LogP contribution in [0.3, 0.4) is 0 Å². The van der Waals surface area contributed by atoms with Gasteiger partial charge in [-0.1, -0.05) is 35.5 Å². The molecule has 0 saturated carbocycles. The lowest BCUT2D eigenvalue weighted by Gasteiger charge is -2.34. The fourth-order valence-electron chi connectivity index (χ4n) is 3.06. The Bertz CT molecular complexity index is 966. The third kappa shape index (κ3) is 3.61. The van der Waals surface area contributed by atoms with E-state index in [9.17, 15) is 9.59 Å². The van der Waals surface area contributed by atoms with Gasteiger partial charge in [0.05, 0.1) is 11.3 Å². The van der Waals surface area contributed by atoms with Gasteiger partial charge in [-0.3, -0.25) is 9.59 Å². The number of carbonyl (C=O) groups is 2. The summed E-state index contributed by atoms with van der Waals surface area (Å²) in [5.41, 5.74) is 0.836. The maximum absolute atomic E-state index is 12.9. The average molecular weight is 382 g/mol. The van der Waals surface area contributed by atoms with Crippen LogP contribution in [0.2, 0.25) is 0 Å². The van der Waals surface area contributed by atoms with E-state index in [2.05, 4.69) is 15.5 Å². The van der Waals surface area contributed by atoms with E-state index in [-0.39, 0.29) is 18.2 Å². The number of rotatable bonds is 4. The van der Waals surface area contributed by atoms with Gasteiger partial charge in [0.15, 0.2) is 0 Å². The Balaban J connectivity index is 1.56. The summed E-state index contributed by atoms with van der Waals surface area (Å²) in [5, 5.41) is 6.80. The molecule has 1 N–H and O–H groups in total. The minimum absolute atomic E-state index is 0.143. The van der Waals surface area contributed by atoms with Crippen molar-refractivity contribution in [3.05, 3.63) is 58.1 Å². The van der Waals surface area contributed by atoms with Crippen LogP contribution in [0.1, 0.15) is 20.4 Å². The zero-order valence-corrected chi connectivity index (χ0v) is 15.5. The normalized spacial score (nSPS) is 17.0. The van der Waals surface area contributed by atoms with Crippen LogP contribution in [-0.4, -0.2) is 46.0 Å². The quantitative estimate of drug-likeness (QED) is 0.748. The number of thiophene rings is 1. The van der Waals surface area contributed by atoms with E-state index in [1.165, 1.54) is 11.3 Å². The molecular formula is C19H18N4O3S. The van der Waals surface area contributed by atoms with Crippen LogP contribution < -0.4 is 5.32 Å². The Kier molecular flexibility index (Phi) is 4.72. The molecule has 138 valence electrons. The van der Waals surface area contributed by atoms with Gasteiger partial charge in [-0.15, -0.1) is 11.3 Å². The van der Waals surface area contributed by atoms with Crippen molar-refractivity contribution in [2.75, 3.05) is 13.1 Å². The Hall–Kier alpha value is -3.00. The summed E-state index contributed by atoms with van der Waals surface area (Å²) in [5.74, 6) is 0.447. The largest absolute Gasteiger partial charge is 0.353 e. The molecule has 0 radical (unpaired) electrons. The molecule has 1 atom stereocenters. The summed E-state index contributed by atoms with van der Waals surface area (Å²) in [7, 11) is 0. The van der Waals surface area contributed by atoms with Crippen LogP contribution in [0.25, 0.3) is 11.4 Å². The number of nitrogens with one attached hydrogen (secondary N) is 1. The third-order valence-corrected chi connectivity index (χ3v) is 5.40. The molecule has 0 spiro atoms. The molecule has 1 unspecified atom stereocenters. The molecule has 0 aliphatic carbocycles. The Morgan fingerprint density at radius 3 is 2.85 bits per heavy atom. The van der Waals surface area contributed by atoms with Crippen molar-refractivity contribution in [1.29, 1.82) is 0 Å². The van der Waals surface area contributed by atoms with Crippen molar-refractivity contribution in [1.82, 2.24) is 20.4 Å². The standard InChI is InChI=1S/C19H18N4O3S/c1-12-7-8-15(27-12)19(25)23-10-9-20-18(24)14(23)11-16-21-17(22-26-16)13-5-3-2-4-6-13/h2-8,14H,9-11H2,1H3,(H,20,24). The maximum Gasteiger partial charge on any atom is 0.264 e. The molecule has 0 bridgehead atoms. The molecule has 8 heteroatoms. The lowest BCUT2D eigenvalue weighted by Crippen LogP contribution is -2.58. The molecule has 1 aromatic carbocycles. The highest BCUT2D eigenvalue weighted by Gasteiger charge is 2.35. The van der Waals surface area contributed by atoms with Crippen molar-refractivity contribution in [3.63, 3.8) is 0 Å². The van der Waals surface area contributed by atoms with Crippen molar-refractivity contribution < 1.29 is 14.1 Å². The predicted molar refractivity (Wildman–Crippen MR) is 100 cm³/mol. The summed E-state index contributed by atoms with van der Waals surface area (Å²) in [6, 6.07) is 12.5. The number of aryl methyl sites for hydroxylation is 1. The molecule has 2 amide bonds. The van der Waals surface area contributed by atoms with Crippen molar-refractivity contribution >= 4 is 23.2 Å². The number of amides is 2. The summed E-state index contributed by atoms with van der Waals surface area (Å²) in [6.07, 6.45) is 0.182. The zero-order chi connectivity index (χ0) is 18.8. The second-order valence-corrected chi connectivity index (χ2v) is 7.59. The second-order valence-electron chi connectivity index (χ2n) is 6.30. The number of piperazine rings is 1. The Morgan fingerprint density at radius 1 is 1.30 bits per heavy atom. The van der Waals surface area contributed by atoms with Crippen LogP contribution in [0.5, 0.6) is 0 Å². The van der Waals surface area contributed by atoms with Gasteiger partial charge < -0.3 is 14.7 Å². The van der Waals surface area contributed by atoms with Crippen LogP contribution in [0.15, 0.2) is 47.0 Å². The van der Waals surface area contributed by atoms with E-state index in [1.807, 2.05) is 43.3 Å². The van der Waals surface area contributed by atoms with Gasteiger partial charge >= 0.3 is 0 Å². The fourth-order valence-corrected chi connectivity index (χ4v) is 3.88. The van der Waals surface area contributed by atoms with E-state index >= 15 is 0 Å². The molecule has 7 nitrogen and oxygen atoms in total. The minimum Gasteiger partial charge on any atom is -0.353 e. The second kappa shape index (κ2) is 7.32. The third-order valence-electron chi connectivity index (χ3n) is 4.41. The smallest absolute Gasteiger partial charge is 0.264 e. The summed E-state index contributed by atoms with van der Waals surface area (Å²) in [6.45, 7) is 2.84. The van der Waals surface area contributed by atoms with E-state index in [1.54, 1.807) is 11.0 Å². The molecule has 3 aromatic rings. The summed E-state index contributed by atoms with van der Waals surface area (Å²) >= 11 is 1.43. The highest BCUT2D eigenvalue weighted by molar-refractivity contribution is 7.13. The number of hydrogen-bond donors (Lipinski definition) is 1. The van der Waals surface area contributed by atoms with Gasteiger partial charge in [0.1, 0.15) is 6.04 Å². The Labute approximate surface area is 160 Å². The number of benzene rings is 1. The molecule has 4 rings (SSSR count). The van der Waals surface area contributed by atoms with Crippen LogP contribution in [0.4, 0.5) is 0 Å². The molecule has 2 aromatic heterocycles. The number of carbonyl (C=O) groups excluding carboxylic acids is 2. The van der Waals surface area contributed by atoms with Crippen molar-refractivity contribution in [2.24, 2.45) is 0 Å². The average Bonchev–Trinajstić information content (AvgIpc) is 3.33. The van der Waals surface area contributed by atoms with Crippen LogP contribution in [-0.2, 0) is 11.2 Å². The molecule has 1 aliphatic heterocycles. The van der Waals surface area contributed by atoms with Gasteiger partial charge in [0, 0.05) is 23.5 Å². The predicted octanol–water partition coefficient (Wildman–Crippen LogP) is 2.29. The molecule has 1 aliphatic rings. The van der Waals surface area contributed by atoms with E-state index in [0.717, 1.165) is 10.4 Å². The first-order valence-corrected chi connectivity index (χ1v) is 9.46. The molecule has 3 heterocycles. The molecular weight excluding hydrogens is 364 g/mol. The lowest BCUT2D eigenvalue weighted by atomic mass is 10.1. The van der Waals surface area contributed by atoms with Crippen molar-refractivity contribution in [3.8, 4) is 11.4 Å². The van der Waals surface area contributed by atoms with Gasteiger partial charge in [-0.2, -0.15) is 4.98 Å². The highest BCUT2D eigenvalue weighted by Crippen LogP contribution is 2.22. The number of hydrogen-bond acceptors (Lipinski definition) is 6. The molecule has 27 heavy (non-hydrogen) atoms. The Morgan fingerprint density at radius 2 is 2.11 bits per heavy atom. The number of aromatic nitrogens is 2. The van der Waals surface area contributed by atoms with Gasteiger partial charge in [0.25, 0.3) is 5.91 Å². The summed E-state index contributed by atoms with van der Waals surface area (Å²) in [4.78, 5) is 33.0. The molecule has 1 saturated heterocycles. The first kappa shape index (κ1) is 17.4. The minimum atomic E-state index is -0.669. The SMILES string of the molecule is Cc1ccc(C(=O)N2CCNC(=O)C2Cc2nc(-c3ccccc3)no2)s1. The topological polar surface area (TPSA) is 88.3 Å².